The third-order valence-electron chi connectivity index (χ3n) is 3.24. The first-order valence-corrected chi connectivity index (χ1v) is 8.76. The highest BCUT2D eigenvalue weighted by molar-refractivity contribution is 7.92. The molecule has 0 radical (unpaired) electrons. The molecule has 0 saturated carbocycles. The minimum atomic E-state index is -3.68. The summed E-state index contributed by atoms with van der Waals surface area (Å²) in [4.78, 5) is 8.59. The summed E-state index contributed by atoms with van der Waals surface area (Å²) in [7, 11) is -3.68. The Balaban J connectivity index is 1.80. The fraction of sp³-hybridized carbons (Fsp3) is 0.0588. The van der Waals surface area contributed by atoms with Crippen LogP contribution in [0, 0.1) is 6.92 Å². The molecule has 0 aliphatic rings. The Morgan fingerprint density at radius 3 is 2.25 bits per heavy atom. The molecule has 24 heavy (non-hydrogen) atoms. The third-order valence-corrected chi connectivity index (χ3v) is 4.61. The maximum Gasteiger partial charge on any atom is 0.263 e. The average molecular weight is 340 g/mol. The molecule has 3 rings (SSSR count). The number of benzene rings is 1. The highest BCUT2D eigenvalue weighted by Gasteiger charge is 2.14. The molecule has 6 nitrogen and oxygen atoms in total. The molecule has 1 aromatic carbocycles. The third kappa shape index (κ3) is 3.88. The van der Waals surface area contributed by atoms with E-state index >= 15 is 0 Å². The summed E-state index contributed by atoms with van der Waals surface area (Å²) in [5.41, 5.74) is 0.994. The minimum Gasteiger partial charge on any atom is -0.325 e. The van der Waals surface area contributed by atoms with Crippen LogP contribution in [0.25, 0.3) is 0 Å². The van der Waals surface area contributed by atoms with E-state index in [9.17, 15) is 8.42 Å². The van der Waals surface area contributed by atoms with E-state index in [0.29, 0.717) is 11.6 Å². The van der Waals surface area contributed by atoms with Crippen molar-refractivity contribution in [2.45, 2.75) is 11.8 Å². The van der Waals surface area contributed by atoms with E-state index in [0.717, 1.165) is 5.56 Å². The van der Waals surface area contributed by atoms with Gasteiger partial charge in [0.2, 0.25) is 0 Å². The second-order valence-corrected chi connectivity index (χ2v) is 6.85. The lowest BCUT2D eigenvalue weighted by Crippen LogP contribution is -2.14. The Labute approximate surface area is 140 Å². The minimum absolute atomic E-state index is 0.193. The average Bonchev–Trinajstić information content (AvgIpc) is 2.56. The van der Waals surface area contributed by atoms with Gasteiger partial charge in [-0.15, -0.1) is 0 Å². The molecule has 0 amide bonds. The first kappa shape index (κ1) is 15.9. The Bertz CT molecular complexity index is 926. The van der Waals surface area contributed by atoms with Gasteiger partial charge in [-0.2, -0.15) is 0 Å². The van der Waals surface area contributed by atoms with Gasteiger partial charge in [0.05, 0.1) is 4.90 Å². The van der Waals surface area contributed by atoms with Crippen molar-refractivity contribution in [3.63, 3.8) is 0 Å². The Kier molecular flexibility index (Phi) is 4.43. The van der Waals surface area contributed by atoms with E-state index in [1.165, 1.54) is 0 Å². The van der Waals surface area contributed by atoms with Gasteiger partial charge in [0.1, 0.15) is 17.5 Å². The number of aryl methyl sites for hydroxylation is 1. The zero-order chi connectivity index (χ0) is 17.0. The summed E-state index contributed by atoms with van der Waals surface area (Å²) in [6, 6.07) is 17.1. The molecule has 0 aliphatic heterocycles. The summed E-state index contributed by atoms with van der Waals surface area (Å²) >= 11 is 0. The number of hydrogen-bond donors (Lipinski definition) is 2. The first-order valence-electron chi connectivity index (χ1n) is 7.27. The zero-order valence-corrected chi connectivity index (χ0v) is 13.8. The Morgan fingerprint density at radius 2 is 1.54 bits per heavy atom. The van der Waals surface area contributed by atoms with E-state index in [4.69, 9.17) is 0 Å². The number of rotatable bonds is 5. The molecule has 0 unspecified atom stereocenters. The van der Waals surface area contributed by atoms with Crippen molar-refractivity contribution in [2.24, 2.45) is 0 Å². The number of aromatic nitrogens is 2. The standard InChI is InChI=1S/C17H16N4O2S/c1-13-8-10-14(11-9-13)24(22,23)21-17-7-4-6-16(20-17)19-15-5-2-3-12-18-15/h2-12H,1H3,(H2,18,19,20,21). The largest absolute Gasteiger partial charge is 0.325 e. The number of pyridine rings is 2. The summed E-state index contributed by atoms with van der Waals surface area (Å²) in [5.74, 6) is 1.36. The molecular formula is C17H16N4O2S. The molecule has 0 fully saturated rings. The number of hydrogen-bond acceptors (Lipinski definition) is 5. The van der Waals surface area contributed by atoms with Crippen LogP contribution >= 0.6 is 0 Å². The van der Waals surface area contributed by atoms with Gasteiger partial charge < -0.3 is 5.32 Å². The van der Waals surface area contributed by atoms with E-state index in [2.05, 4.69) is 20.0 Å². The molecule has 3 aromatic rings. The molecule has 7 heteroatoms. The van der Waals surface area contributed by atoms with Gasteiger partial charge in [0, 0.05) is 6.20 Å². The Hall–Kier alpha value is -2.93. The van der Waals surface area contributed by atoms with Crippen LogP contribution in [0.3, 0.4) is 0 Å². The zero-order valence-electron chi connectivity index (χ0n) is 13.0. The van der Waals surface area contributed by atoms with Crippen LogP contribution < -0.4 is 10.0 Å². The summed E-state index contributed by atoms with van der Waals surface area (Å²) in [6.45, 7) is 1.90. The number of nitrogens with one attached hydrogen (secondary N) is 2. The fourth-order valence-corrected chi connectivity index (χ4v) is 3.04. The summed E-state index contributed by atoms with van der Waals surface area (Å²) in [6.07, 6.45) is 1.66. The number of nitrogens with zero attached hydrogens (tertiary/aromatic N) is 2. The maximum atomic E-state index is 12.4. The van der Waals surface area contributed by atoms with E-state index in [-0.39, 0.29) is 10.7 Å². The van der Waals surface area contributed by atoms with Crippen molar-refractivity contribution < 1.29 is 8.42 Å². The van der Waals surface area contributed by atoms with E-state index in [1.807, 2.05) is 19.1 Å². The molecule has 0 atom stereocenters. The molecule has 0 spiro atoms. The van der Waals surface area contributed by atoms with Crippen LogP contribution in [0.15, 0.2) is 71.8 Å². The Morgan fingerprint density at radius 1 is 0.833 bits per heavy atom. The normalized spacial score (nSPS) is 11.0. The molecule has 2 heterocycles. The lowest BCUT2D eigenvalue weighted by Gasteiger charge is -2.09. The monoisotopic (exact) mass is 340 g/mol. The van der Waals surface area contributed by atoms with Crippen LogP contribution in [0.1, 0.15) is 5.56 Å². The molecular weight excluding hydrogens is 324 g/mol. The summed E-state index contributed by atoms with van der Waals surface area (Å²) in [5, 5.41) is 3.02. The maximum absolute atomic E-state index is 12.4. The van der Waals surface area contributed by atoms with E-state index < -0.39 is 10.0 Å². The van der Waals surface area contributed by atoms with Crippen molar-refractivity contribution >= 4 is 27.5 Å². The summed E-state index contributed by atoms with van der Waals surface area (Å²) < 4.78 is 27.3. The van der Waals surface area contributed by atoms with Crippen molar-refractivity contribution in [1.82, 2.24) is 9.97 Å². The first-order chi connectivity index (χ1) is 11.5. The van der Waals surface area contributed by atoms with Crippen molar-refractivity contribution in [2.75, 3.05) is 10.0 Å². The second-order valence-electron chi connectivity index (χ2n) is 5.17. The van der Waals surface area contributed by atoms with Crippen molar-refractivity contribution in [3.05, 3.63) is 72.4 Å². The molecule has 0 saturated heterocycles. The van der Waals surface area contributed by atoms with Crippen molar-refractivity contribution in [3.8, 4) is 0 Å². The van der Waals surface area contributed by atoms with Crippen LogP contribution in [0.5, 0.6) is 0 Å². The number of sulfonamides is 1. The predicted octanol–water partition coefficient (Wildman–Crippen LogP) is 3.33. The van der Waals surface area contributed by atoms with Crippen LogP contribution in [-0.2, 0) is 10.0 Å². The smallest absolute Gasteiger partial charge is 0.263 e. The molecule has 0 bridgehead atoms. The highest BCUT2D eigenvalue weighted by Crippen LogP contribution is 2.18. The van der Waals surface area contributed by atoms with Gasteiger partial charge in [0.15, 0.2) is 0 Å². The lowest BCUT2D eigenvalue weighted by atomic mass is 10.2. The second kappa shape index (κ2) is 6.67. The SMILES string of the molecule is Cc1ccc(S(=O)(=O)Nc2cccc(Nc3ccccn3)n2)cc1. The van der Waals surface area contributed by atoms with Crippen LogP contribution in [0.2, 0.25) is 0 Å². The number of anilines is 3. The van der Waals surface area contributed by atoms with Crippen LogP contribution in [0.4, 0.5) is 17.5 Å². The molecule has 122 valence electrons. The van der Waals surface area contributed by atoms with Gasteiger partial charge in [-0.25, -0.2) is 18.4 Å². The highest BCUT2D eigenvalue weighted by atomic mass is 32.2. The van der Waals surface area contributed by atoms with Gasteiger partial charge in [0.25, 0.3) is 10.0 Å². The fourth-order valence-electron chi connectivity index (χ4n) is 2.04. The molecule has 0 aliphatic carbocycles. The van der Waals surface area contributed by atoms with Gasteiger partial charge in [-0.3, -0.25) is 4.72 Å². The van der Waals surface area contributed by atoms with Crippen molar-refractivity contribution in [1.29, 1.82) is 0 Å². The molecule has 2 aromatic heterocycles. The van der Waals surface area contributed by atoms with Gasteiger partial charge in [-0.05, 0) is 43.3 Å². The van der Waals surface area contributed by atoms with Crippen LogP contribution in [-0.4, -0.2) is 18.4 Å². The quantitative estimate of drug-likeness (QED) is 0.744. The molecule has 2 N–H and O–H groups in total. The van der Waals surface area contributed by atoms with Gasteiger partial charge >= 0.3 is 0 Å². The lowest BCUT2D eigenvalue weighted by molar-refractivity contribution is 0.601. The predicted molar refractivity (Wildman–Crippen MR) is 93.7 cm³/mol. The van der Waals surface area contributed by atoms with Gasteiger partial charge in [-0.1, -0.05) is 29.8 Å². The topological polar surface area (TPSA) is 84.0 Å². The van der Waals surface area contributed by atoms with E-state index in [1.54, 1.807) is 54.7 Å².